The van der Waals surface area contributed by atoms with Crippen molar-refractivity contribution in [2.75, 3.05) is 37.8 Å². The van der Waals surface area contributed by atoms with Crippen molar-refractivity contribution < 1.29 is 22.7 Å². The number of carbonyl (C=O) groups excluding carboxylic acids is 1. The smallest absolute Gasteiger partial charge is 0.246 e. The zero-order chi connectivity index (χ0) is 26.9. The van der Waals surface area contributed by atoms with Gasteiger partial charge in [0.05, 0.1) is 23.9 Å². The van der Waals surface area contributed by atoms with Gasteiger partial charge in [-0.05, 0) is 73.6 Å². The number of aryl methyl sites for hydroxylation is 1. The molecule has 210 valence electrons. The average molecular weight is 575 g/mol. The van der Waals surface area contributed by atoms with Gasteiger partial charge < -0.3 is 14.8 Å². The van der Waals surface area contributed by atoms with Gasteiger partial charge in [0.1, 0.15) is 18.0 Å². The molecule has 9 nitrogen and oxygen atoms in total. The molecule has 0 bridgehead atoms. The minimum absolute atomic E-state index is 0. The number of sulfonamides is 1. The van der Waals surface area contributed by atoms with Gasteiger partial charge >= 0.3 is 0 Å². The maximum Gasteiger partial charge on any atom is 0.246 e. The second-order valence-corrected chi connectivity index (χ2v) is 12.4. The molecule has 0 unspecified atom stereocenters. The highest BCUT2D eigenvalue weighted by molar-refractivity contribution is 7.92. The lowest BCUT2D eigenvalue weighted by Gasteiger charge is -2.49. The quantitative estimate of drug-likeness (QED) is 0.543. The van der Waals surface area contributed by atoms with Crippen LogP contribution in [-0.2, 0) is 32.4 Å². The molecule has 2 atom stereocenters. The number of anilines is 1. The van der Waals surface area contributed by atoms with Crippen LogP contribution in [0.5, 0.6) is 5.75 Å². The van der Waals surface area contributed by atoms with Crippen molar-refractivity contribution in [2.24, 2.45) is 0 Å². The van der Waals surface area contributed by atoms with Crippen LogP contribution in [0.15, 0.2) is 36.4 Å². The largest absolute Gasteiger partial charge is 0.487 e. The number of methoxy groups -OCH3 is 1. The number of nitriles is 1. The van der Waals surface area contributed by atoms with E-state index in [0.29, 0.717) is 23.9 Å². The number of hydrogen-bond acceptors (Lipinski definition) is 7. The fourth-order valence-corrected chi connectivity index (χ4v) is 6.72. The number of benzene rings is 2. The van der Waals surface area contributed by atoms with Gasteiger partial charge in [0.25, 0.3) is 0 Å². The lowest BCUT2D eigenvalue weighted by Crippen LogP contribution is -2.55. The van der Waals surface area contributed by atoms with Crippen molar-refractivity contribution >= 4 is 34.0 Å². The molecular weight excluding hydrogens is 540 g/mol. The molecule has 2 aromatic carbocycles. The van der Waals surface area contributed by atoms with Crippen LogP contribution < -0.4 is 14.8 Å². The Morgan fingerprint density at radius 3 is 2.67 bits per heavy atom. The van der Waals surface area contributed by atoms with Crippen molar-refractivity contribution in [3.63, 3.8) is 0 Å². The summed E-state index contributed by atoms with van der Waals surface area (Å²) in [5.41, 5.74) is 4.14. The van der Waals surface area contributed by atoms with Gasteiger partial charge in [0.15, 0.2) is 0 Å². The molecule has 1 aliphatic carbocycles. The minimum atomic E-state index is -3.44. The van der Waals surface area contributed by atoms with E-state index in [-0.39, 0.29) is 31.0 Å². The molecule has 11 heteroatoms. The maximum atomic E-state index is 12.5. The van der Waals surface area contributed by atoms with Crippen molar-refractivity contribution in [1.29, 1.82) is 5.26 Å². The summed E-state index contributed by atoms with van der Waals surface area (Å²) in [5.74, 6) is 0.450. The highest BCUT2D eigenvalue weighted by Gasteiger charge is 2.45. The zero-order valence-corrected chi connectivity index (χ0v) is 23.9. The molecule has 5 rings (SSSR count). The van der Waals surface area contributed by atoms with Gasteiger partial charge in [-0.25, -0.2) is 8.42 Å². The number of piperidine rings is 1. The Hall–Kier alpha value is -2.84. The van der Waals surface area contributed by atoms with E-state index in [1.165, 1.54) is 18.2 Å². The lowest BCUT2D eigenvalue weighted by molar-refractivity contribution is -0.126. The average Bonchev–Trinajstić information content (AvgIpc) is 2.88. The third-order valence-electron chi connectivity index (χ3n) is 7.97. The molecule has 1 fully saturated rings. The first kappa shape index (κ1) is 29.2. The maximum absolute atomic E-state index is 12.5. The van der Waals surface area contributed by atoms with Gasteiger partial charge in [-0.2, -0.15) is 5.26 Å². The Kier molecular flexibility index (Phi) is 8.76. The van der Waals surface area contributed by atoms with E-state index in [2.05, 4.69) is 27.1 Å². The number of nitrogens with zero attached hydrogens (tertiary/aromatic N) is 2. The Bertz CT molecular complexity index is 1370. The van der Waals surface area contributed by atoms with E-state index < -0.39 is 15.6 Å². The van der Waals surface area contributed by atoms with Gasteiger partial charge in [-0.15, -0.1) is 12.4 Å². The topological polar surface area (TPSA) is 121 Å². The predicted octanol–water partition coefficient (Wildman–Crippen LogP) is 3.33. The summed E-state index contributed by atoms with van der Waals surface area (Å²) in [6.07, 6.45) is 6.44. The summed E-state index contributed by atoms with van der Waals surface area (Å²) < 4.78 is 37.7. The molecule has 39 heavy (non-hydrogen) atoms. The number of nitrogens with one attached hydrogen (secondary N) is 2. The van der Waals surface area contributed by atoms with Crippen molar-refractivity contribution in [3.05, 3.63) is 58.7 Å². The molecule has 2 heterocycles. The fourth-order valence-electron chi connectivity index (χ4n) is 6.16. The van der Waals surface area contributed by atoms with E-state index in [1.54, 1.807) is 18.2 Å². The molecule has 0 radical (unpaired) electrons. The monoisotopic (exact) mass is 574 g/mol. The Balaban J connectivity index is 0.00000353. The van der Waals surface area contributed by atoms with Crippen LogP contribution in [0.3, 0.4) is 0 Å². The molecule has 1 spiro atoms. The van der Waals surface area contributed by atoms with E-state index in [0.717, 1.165) is 62.6 Å². The van der Waals surface area contributed by atoms with E-state index in [4.69, 9.17) is 9.47 Å². The first-order valence-electron chi connectivity index (χ1n) is 13.0. The van der Waals surface area contributed by atoms with Crippen LogP contribution in [0.4, 0.5) is 5.69 Å². The Morgan fingerprint density at radius 2 is 1.97 bits per heavy atom. The first-order chi connectivity index (χ1) is 18.2. The summed E-state index contributed by atoms with van der Waals surface area (Å²) in [7, 11) is -1.96. The van der Waals surface area contributed by atoms with Gasteiger partial charge in [0.2, 0.25) is 15.9 Å². The number of amides is 1. The summed E-state index contributed by atoms with van der Waals surface area (Å²) in [4.78, 5) is 15.0. The van der Waals surface area contributed by atoms with Gasteiger partial charge in [-0.3, -0.25) is 14.4 Å². The minimum Gasteiger partial charge on any atom is -0.487 e. The van der Waals surface area contributed by atoms with Crippen molar-refractivity contribution in [2.45, 2.75) is 56.2 Å². The first-order valence-corrected chi connectivity index (χ1v) is 14.9. The molecule has 1 saturated heterocycles. The number of fused-ring (bicyclic) bond motifs is 2. The number of rotatable bonds is 6. The zero-order valence-electron chi connectivity index (χ0n) is 22.2. The van der Waals surface area contributed by atoms with Crippen LogP contribution in [-0.4, -0.2) is 63.9 Å². The SMILES string of the molecule is COCC(=O)N[C@H]1CC2(CCN([C@@H]3CCc4cc(C#N)ccc4C3)CC2)Oc2ccc(NS(C)(=O)=O)cc21.Cl. The Morgan fingerprint density at radius 1 is 1.21 bits per heavy atom. The number of halogens is 1. The highest BCUT2D eigenvalue weighted by atomic mass is 35.5. The van der Waals surface area contributed by atoms with Crippen LogP contribution in [0.25, 0.3) is 0 Å². The molecule has 1 amide bonds. The number of hydrogen-bond donors (Lipinski definition) is 2. The second-order valence-electron chi connectivity index (χ2n) is 10.7. The standard InChI is InChI=1S/C28H34N4O5S.ClH/c1-36-18-27(33)30-25-16-28(37-26-8-6-22(15-24(25)26)31-38(2,34)35)9-11-32(12-10-28)23-7-5-20-13-19(17-29)3-4-21(20)14-23;/h3-4,6,8,13,15,23,25,31H,5,7,9-12,14,16,18H2,1-2H3,(H,30,33);1H/t23-,25+;/m1./s1. The summed E-state index contributed by atoms with van der Waals surface area (Å²) in [5, 5.41) is 12.3. The molecule has 2 N–H and O–H groups in total. The third-order valence-corrected chi connectivity index (χ3v) is 8.57. The van der Waals surface area contributed by atoms with Crippen LogP contribution >= 0.6 is 12.4 Å². The number of carbonyl (C=O) groups is 1. The van der Waals surface area contributed by atoms with Crippen LogP contribution in [0, 0.1) is 11.3 Å². The second kappa shape index (κ2) is 11.7. The molecule has 0 saturated carbocycles. The number of likely N-dealkylation sites (tertiary alicyclic amines) is 1. The Labute approximate surface area is 236 Å². The third kappa shape index (κ3) is 6.67. The van der Waals surface area contributed by atoms with Gasteiger partial charge in [0, 0.05) is 43.9 Å². The predicted molar refractivity (Wildman–Crippen MR) is 151 cm³/mol. The number of ether oxygens (including phenoxy) is 2. The summed E-state index contributed by atoms with van der Waals surface area (Å²) >= 11 is 0. The van der Waals surface area contributed by atoms with E-state index in [9.17, 15) is 18.5 Å². The van der Waals surface area contributed by atoms with Crippen LogP contribution in [0.2, 0.25) is 0 Å². The normalized spacial score (nSPS) is 21.9. The molecule has 3 aliphatic rings. The van der Waals surface area contributed by atoms with Crippen molar-refractivity contribution in [1.82, 2.24) is 10.2 Å². The summed E-state index contributed by atoms with van der Waals surface area (Å²) in [6.45, 7) is 1.75. The van der Waals surface area contributed by atoms with E-state index >= 15 is 0 Å². The van der Waals surface area contributed by atoms with E-state index in [1.807, 2.05) is 12.1 Å². The van der Waals surface area contributed by atoms with Gasteiger partial charge in [-0.1, -0.05) is 6.07 Å². The molecule has 2 aliphatic heterocycles. The molecular formula is C28H35ClN4O5S. The van der Waals surface area contributed by atoms with Crippen molar-refractivity contribution in [3.8, 4) is 11.8 Å². The fraction of sp³-hybridized carbons (Fsp3) is 0.500. The summed E-state index contributed by atoms with van der Waals surface area (Å²) in [6, 6.07) is 13.7. The van der Waals surface area contributed by atoms with Crippen LogP contribution in [0.1, 0.15) is 54.0 Å². The molecule has 2 aromatic rings. The molecule has 0 aromatic heterocycles. The lowest BCUT2D eigenvalue weighted by atomic mass is 9.79. The highest BCUT2D eigenvalue weighted by Crippen LogP contribution is 2.45.